The Morgan fingerprint density at radius 2 is 1.62 bits per heavy atom. The number of halogens is 1. The molecule has 1 N–H and O–H groups in total. The van der Waals surface area contributed by atoms with Gasteiger partial charge in [0.15, 0.2) is 0 Å². The summed E-state index contributed by atoms with van der Waals surface area (Å²) in [5, 5.41) is 3.11. The van der Waals surface area contributed by atoms with E-state index in [1.165, 1.54) is 24.3 Å². The number of rotatable bonds is 8. The van der Waals surface area contributed by atoms with Crippen molar-refractivity contribution in [2.75, 3.05) is 16.8 Å². The van der Waals surface area contributed by atoms with Gasteiger partial charge in [-0.3, -0.25) is 9.59 Å². The molecule has 7 heteroatoms. The molecule has 0 fully saturated rings. The maximum Gasteiger partial charge on any atom is 0.282 e. The molecular formula is C27H25FN2O4. The van der Waals surface area contributed by atoms with E-state index in [1.54, 1.807) is 42.5 Å². The molecule has 0 aromatic heterocycles. The SMILES string of the molecule is CCOc1cccc(NC2=C(c3ccc(OC(C)C)cc3)C(=O)N(c3ccc(F)cc3)C2=O)c1. The summed E-state index contributed by atoms with van der Waals surface area (Å²) in [5.41, 5.74) is 1.78. The molecule has 3 aromatic carbocycles. The lowest BCUT2D eigenvalue weighted by molar-refractivity contribution is -0.120. The van der Waals surface area contributed by atoms with Gasteiger partial charge in [0.2, 0.25) is 0 Å². The van der Waals surface area contributed by atoms with Crippen molar-refractivity contribution in [1.82, 2.24) is 0 Å². The number of anilines is 2. The van der Waals surface area contributed by atoms with E-state index in [4.69, 9.17) is 9.47 Å². The Balaban J connectivity index is 1.76. The van der Waals surface area contributed by atoms with Gasteiger partial charge in [0.05, 0.1) is 24.0 Å². The quantitative estimate of drug-likeness (QED) is 0.456. The minimum atomic E-state index is -0.532. The smallest absolute Gasteiger partial charge is 0.282 e. The summed E-state index contributed by atoms with van der Waals surface area (Å²) < 4.78 is 24.7. The van der Waals surface area contributed by atoms with E-state index in [2.05, 4.69) is 5.32 Å². The minimum Gasteiger partial charge on any atom is -0.494 e. The Morgan fingerprint density at radius 3 is 2.26 bits per heavy atom. The Labute approximate surface area is 197 Å². The Morgan fingerprint density at radius 1 is 0.912 bits per heavy atom. The van der Waals surface area contributed by atoms with E-state index in [9.17, 15) is 14.0 Å². The zero-order chi connectivity index (χ0) is 24.2. The highest BCUT2D eigenvalue weighted by Gasteiger charge is 2.40. The maximum absolute atomic E-state index is 13.5. The summed E-state index contributed by atoms with van der Waals surface area (Å²) in [4.78, 5) is 28.0. The zero-order valence-electron chi connectivity index (χ0n) is 19.2. The molecule has 2 amide bonds. The fourth-order valence-corrected chi connectivity index (χ4v) is 3.69. The number of hydrogen-bond acceptors (Lipinski definition) is 5. The van der Waals surface area contributed by atoms with Gasteiger partial charge in [0.1, 0.15) is 23.0 Å². The second-order valence-electron chi connectivity index (χ2n) is 7.95. The van der Waals surface area contributed by atoms with Gasteiger partial charge in [0, 0.05) is 11.8 Å². The molecule has 3 aromatic rings. The van der Waals surface area contributed by atoms with Crippen LogP contribution in [0.3, 0.4) is 0 Å². The fourth-order valence-electron chi connectivity index (χ4n) is 3.69. The summed E-state index contributed by atoms with van der Waals surface area (Å²) in [6.45, 7) is 6.23. The lowest BCUT2D eigenvalue weighted by atomic mass is 10.0. The van der Waals surface area contributed by atoms with Crippen LogP contribution in [-0.2, 0) is 9.59 Å². The monoisotopic (exact) mass is 460 g/mol. The van der Waals surface area contributed by atoms with Crippen LogP contribution >= 0.6 is 0 Å². The molecule has 1 heterocycles. The number of nitrogens with zero attached hydrogens (tertiary/aromatic N) is 1. The molecule has 34 heavy (non-hydrogen) atoms. The van der Waals surface area contributed by atoms with Gasteiger partial charge in [-0.25, -0.2) is 9.29 Å². The van der Waals surface area contributed by atoms with Gasteiger partial charge in [-0.15, -0.1) is 0 Å². The van der Waals surface area contributed by atoms with E-state index >= 15 is 0 Å². The van der Waals surface area contributed by atoms with Gasteiger partial charge in [-0.1, -0.05) is 18.2 Å². The van der Waals surface area contributed by atoms with Gasteiger partial charge in [0.25, 0.3) is 11.8 Å². The van der Waals surface area contributed by atoms with Crippen molar-refractivity contribution in [2.45, 2.75) is 26.9 Å². The molecule has 6 nitrogen and oxygen atoms in total. The standard InChI is InChI=1S/C27H25FN2O4/c1-4-33-23-7-5-6-20(16-23)29-25-24(18-8-14-22(15-9-18)34-17(2)3)26(31)30(27(25)32)21-12-10-19(28)11-13-21/h5-17,29H,4H2,1-3H3. The first-order valence-electron chi connectivity index (χ1n) is 11.0. The fraction of sp³-hybridized carbons (Fsp3) is 0.185. The molecule has 1 aliphatic heterocycles. The lowest BCUT2D eigenvalue weighted by Gasteiger charge is -2.15. The van der Waals surface area contributed by atoms with Crippen molar-refractivity contribution in [3.05, 3.63) is 89.9 Å². The summed E-state index contributed by atoms with van der Waals surface area (Å²) in [6, 6.07) is 19.4. The van der Waals surface area contributed by atoms with E-state index in [0.717, 1.165) is 4.90 Å². The summed E-state index contributed by atoms with van der Waals surface area (Å²) in [5.74, 6) is -0.196. The molecule has 0 radical (unpaired) electrons. The molecule has 0 bridgehead atoms. The number of imide groups is 1. The van der Waals surface area contributed by atoms with Crippen molar-refractivity contribution < 1.29 is 23.5 Å². The molecule has 1 aliphatic rings. The number of carbonyl (C=O) groups excluding carboxylic acids is 2. The largest absolute Gasteiger partial charge is 0.494 e. The minimum absolute atomic E-state index is 0.00330. The molecule has 0 unspecified atom stereocenters. The van der Waals surface area contributed by atoms with Crippen LogP contribution in [0, 0.1) is 5.82 Å². The van der Waals surface area contributed by atoms with Crippen molar-refractivity contribution >= 4 is 28.8 Å². The molecule has 4 rings (SSSR count). The second-order valence-corrected chi connectivity index (χ2v) is 7.95. The normalized spacial score (nSPS) is 13.6. The van der Waals surface area contributed by atoms with E-state index < -0.39 is 17.6 Å². The van der Waals surface area contributed by atoms with Crippen LogP contribution in [0.5, 0.6) is 11.5 Å². The first-order valence-corrected chi connectivity index (χ1v) is 11.0. The predicted octanol–water partition coefficient (Wildman–Crippen LogP) is 5.41. The van der Waals surface area contributed by atoms with Gasteiger partial charge in [-0.2, -0.15) is 0 Å². The third kappa shape index (κ3) is 4.78. The summed E-state index contributed by atoms with van der Waals surface area (Å²) >= 11 is 0. The molecule has 0 saturated heterocycles. The zero-order valence-corrected chi connectivity index (χ0v) is 19.2. The van der Waals surface area contributed by atoms with Crippen molar-refractivity contribution in [3.8, 4) is 11.5 Å². The highest BCUT2D eigenvalue weighted by atomic mass is 19.1. The van der Waals surface area contributed by atoms with E-state index in [0.29, 0.717) is 29.4 Å². The Bertz CT molecular complexity index is 1230. The topological polar surface area (TPSA) is 67.9 Å². The number of ether oxygens (including phenoxy) is 2. The Kier molecular flexibility index (Phi) is 6.63. The number of amides is 2. The van der Waals surface area contributed by atoms with Gasteiger partial charge >= 0.3 is 0 Å². The van der Waals surface area contributed by atoms with Crippen LogP contribution in [0.15, 0.2) is 78.5 Å². The highest BCUT2D eigenvalue weighted by molar-refractivity contribution is 6.46. The van der Waals surface area contributed by atoms with Crippen LogP contribution in [0.25, 0.3) is 5.57 Å². The number of nitrogens with one attached hydrogen (secondary N) is 1. The van der Waals surface area contributed by atoms with E-state index in [-0.39, 0.29) is 23.1 Å². The molecule has 0 aliphatic carbocycles. The summed E-state index contributed by atoms with van der Waals surface area (Å²) in [7, 11) is 0. The molecule has 0 spiro atoms. The van der Waals surface area contributed by atoms with Gasteiger partial charge in [-0.05, 0) is 74.9 Å². The van der Waals surface area contributed by atoms with Gasteiger partial charge < -0.3 is 14.8 Å². The third-order valence-electron chi connectivity index (χ3n) is 5.10. The van der Waals surface area contributed by atoms with Crippen molar-refractivity contribution in [1.29, 1.82) is 0 Å². The van der Waals surface area contributed by atoms with Crippen molar-refractivity contribution in [2.24, 2.45) is 0 Å². The Hall–Kier alpha value is -4.13. The second kappa shape index (κ2) is 9.79. The van der Waals surface area contributed by atoms with Crippen LogP contribution in [0.2, 0.25) is 0 Å². The lowest BCUT2D eigenvalue weighted by Crippen LogP contribution is -2.32. The number of hydrogen-bond donors (Lipinski definition) is 1. The van der Waals surface area contributed by atoms with Crippen LogP contribution in [0.4, 0.5) is 15.8 Å². The number of benzene rings is 3. The third-order valence-corrected chi connectivity index (χ3v) is 5.10. The summed E-state index contributed by atoms with van der Waals surface area (Å²) in [6.07, 6.45) is 0.00330. The maximum atomic E-state index is 13.5. The first kappa shape index (κ1) is 23.0. The van der Waals surface area contributed by atoms with Crippen molar-refractivity contribution in [3.63, 3.8) is 0 Å². The van der Waals surface area contributed by atoms with Crippen LogP contribution in [0.1, 0.15) is 26.3 Å². The first-order chi connectivity index (χ1) is 16.4. The van der Waals surface area contributed by atoms with Crippen LogP contribution in [-0.4, -0.2) is 24.5 Å². The van der Waals surface area contributed by atoms with Crippen LogP contribution < -0.4 is 19.7 Å². The highest BCUT2D eigenvalue weighted by Crippen LogP contribution is 2.35. The van der Waals surface area contributed by atoms with E-state index in [1.807, 2.05) is 26.8 Å². The predicted molar refractivity (Wildman–Crippen MR) is 129 cm³/mol. The average Bonchev–Trinajstić information content (AvgIpc) is 3.04. The molecule has 174 valence electrons. The molecule has 0 saturated carbocycles. The molecular weight excluding hydrogens is 435 g/mol. The average molecular weight is 461 g/mol. The number of carbonyl (C=O) groups is 2. The molecule has 0 atom stereocenters.